The van der Waals surface area contributed by atoms with E-state index in [0.717, 1.165) is 0 Å². The lowest BCUT2D eigenvalue weighted by Crippen LogP contribution is -2.32. The maximum absolute atomic E-state index is 14.4. The van der Waals surface area contributed by atoms with Crippen LogP contribution in [-0.4, -0.2) is 12.6 Å². The van der Waals surface area contributed by atoms with Gasteiger partial charge in [-0.25, -0.2) is 9.18 Å². The van der Waals surface area contributed by atoms with Crippen LogP contribution in [0, 0.1) is 0 Å². The van der Waals surface area contributed by atoms with Crippen molar-refractivity contribution in [2.45, 2.75) is 25.9 Å². The van der Waals surface area contributed by atoms with E-state index in [1.165, 1.54) is 0 Å². The van der Waals surface area contributed by atoms with Crippen molar-refractivity contribution >= 4 is 5.97 Å². The summed E-state index contributed by atoms with van der Waals surface area (Å²) in [6.07, 6.45) is 0.0792. The van der Waals surface area contributed by atoms with Crippen LogP contribution >= 0.6 is 0 Å². The number of carbonyl (C=O) groups excluding carboxylic acids is 1. The van der Waals surface area contributed by atoms with E-state index in [1.807, 2.05) is 0 Å². The van der Waals surface area contributed by atoms with Crippen LogP contribution in [0.15, 0.2) is 30.3 Å². The smallest absolute Gasteiger partial charge is 0.348 e. The molecule has 0 fully saturated rings. The number of benzene rings is 1. The molecule has 0 heterocycles. The topological polar surface area (TPSA) is 26.3 Å². The first-order valence-corrected chi connectivity index (χ1v) is 5.06. The van der Waals surface area contributed by atoms with Crippen molar-refractivity contribution in [3.63, 3.8) is 0 Å². The van der Waals surface area contributed by atoms with Crippen molar-refractivity contribution in [2.75, 3.05) is 6.61 Å². The Morgan fingerprint density at radius 1 is 1.33 bits per heavy atom. The van der Waals surface area contributed by atoms with Gasteiger partial charge in [-0.1, -0.05) is 37.3 Å². The molecular weight excluding hydrogens is 195 g/mol. The van der Waals surface area contributed by atoms with Gasteiger partial charge in [-0.05, 0) is 13.3 Å². The van der Waals surface area contributed by atoms with Crippen LogP contribution in [-0.2, 0) is 15.2 Å². The van der Waals surface area contributed by atoms with Gasteiger partial charge in [-0.3, -0.25) is 0 Å². The summed E-state index contributed by atoms with van der Waals surface area (Å²) in [6, 6.07) is 8.39. The average molecular weight is 210 g/mol. The number of halogens is 1. The predicted molar refractivity (Wildman–Crippen MR) is 56.2 cm³/mol. The zero-order valence-corrected chi connectivity index (χ0v) is 9.00. The van der Waals surface area contributed by atoms with Gasteiger partial charge in [-0.15, -0.1) is 0 Å². The minimum atomic E-state index is -2.02. The number of esters is 1. The zero-order chi connectivity index (χ0) is 11.3. The van der Waals surface area contributed by atoms with Gasteiger partial charge in [0.15, 0.2) is 0 Å². The molecule has 0 aliphatic heterocycles. The molecule has 0 saturated heterocycles. The van der Waals surface area contributed by atoms with E-state index < -0.39 is 11.6 Å². The van der Waals surface area contributed by atoms with Crippen LogP contribution in [0.3, 0.4) is 0 Å². The molecule has 1 rings (SSSR count). The number of alkyl halides is 1. The van der Waals surface area contributed by atoms with Crippen molar-refractivity contribution in [2.24, 2.45) is 0 Å². The molecule has 0 saturated carbocycles. The fourth-order valence-corrected chi connectivity index (χ4v) is 1.41. The largest absolute Gasteiger partial charge is 0.463 e. The molecule has 0 radical (unpaired) electrons. The lowest BCUT2D eigenvalue weighted by atomic mass is 9.93. The molecule has 1 aromatic rings. The average Bonchev–Trinajstić information content (AvgIpc) is 2.29. The molecule has 0 bridgehead atoms. The molecule has 1 unspecified atom stereocenters. The maximum Gasteiger partial charge on any atom is 0.348 e. The monoisotopic (exact) mass is 210 g/mol. The third-order valence-electron chi connectivity index (χ3n) is 2.32. The third kappa shape index (κ3) is 2.35. The summed E-state index contributed by atoms with van der Waals surface area (Å²) >= 11 is 0. The van der Waals surface area contributed by atoms with Gasteiger partial charge in [0.1, 0.15) is 0 Å². The minimum Gasteiger partial charge on any atom is -0.463 e. The van der Waals surface area contributed by atoms with Gasteiger partial charge in [0.25, 0.3) is 0 Å². The van der Waals surface area contributed by atoms with Gasteiger partial charge >= 0.3 is 5.97 Å². The van der Waals surface area contributed by atoms with Crippen molar-refractivity contribution in [1.29, 1.82) is 0 Å². The van der Waals surface area contributed by atoms with E-state index in [4.69, 9.17) is 4.74 Å². The SMILES string of the molecule is CCOC(=O)C(F)(CC)c1ccccc1. The summed E-state index contributed by atoms with van der Waals surface area (Å²) in [6.45, 7) is 3.49. The second-order valence-corrected chi connectivity index (χ2v) is 3.24. The van der Waals surface area contributed by atoms with Crippen LogP contribution < -0.4 is 0 Å². The predicted octanol–water partition coefficient (Wildman–Crippen LogP) is 2.82. The molecule has 0 spiro atoms. The van der Waals surface area contributed by atoms with E-state index in [9.17, 15) is 9.18 Å². The fraction of sp³-hybridized carbons (Fsp3) is 0.417. The number of ether oxygens (including phenoxy) is 1. The normalized spacial score (nSPS) is 14.3. The molecule has 0 aromatic heterocycles. The van der Waals surface area contributed by atoms with Gasteiger partial charge in [-0.2, -0.15) is 0 Å². The lowest BCUT2D eigenvalue weighted by Gasteiger charge is -2.21. The molecule has 15 heavy (non-hydrogen) atoms. The summed E-state index contributed by atoms with van der Waals surface area (Å²) in [4.78, 5) is 11.5. The third-order valence-corrected chi connectivity index (χ3v) is 2.32. The van der Waals surface area contributed by atoms with E-state index in [1.54, 1.807) is 44.2 Å². The Bertz CT molecular complexity index is 324. The fourth-order valence-electron chi connectivity index (χ4n) is 1.41. The summed E-state index contributed by atoms with van der Waals surface area (Å²) < 4.78 is 19.1. The quantitative estimate of drug-likeness (QED) is 0.714. The molecule has 3 heteroatoms. The highest BCUT2D eigenvalue weighted by molar-refractivity contribution is 5.81. The summed E-state index contributed by atoms with van der Waals surface area (Å²) in [5.74, 6) is -0.807. The Hall–Kier alpha value is -1.38. The van der Waals surface area contributed by atoms with Crippen molar-refractivity contribution < 1.29 is 13.9 Å². The highest BCUT2D eigenvalue weighted by atomic mass is 19.1. The molecule has 1 aromatic carbocycles. The Morgan fingerprint density at radius 2 is 1.93 bits per heavy atom. The minimum absolute atomic E-state index is 0.0792. The molecule has 82 valence electrons. The summed E-state index contributed by atoms with van der Waals surface area (Å²) in [5, 5.41) is 0. The van der Waals surface area contributed by atoms with E-state index >= 15 is 0 Å². The molecule has 0 amide bonds. The van der Waals surface area contributed by atoms with E-state index in [0.29, 0.717) is 5.56 Å². The lowest BCUT2D eigenvalue weighted by molar-refractivity contribution is -0.158. The summed E-state index contributed by atoms with van der Waals surface area (Å²) in [5.41, 5.74) is -1.66. The molecule has 2 nitrogen and oxygen atoms in total. The first-order chi connectivity index (χ1) is 7.15. The van der Waals surface area contributed by atoms with E-state index in [-0.39, 0.29) is 13.0 Å². The number of carbonyl (C=O) groups is 1. The van der Waals surface area contributed by atoms with Crippen LogP contribution in [0.2, 0.25) is 0 Å². The Morgan fingerprint density at radius 3 is 2.40 bits per heavy atom. The number of hydrogen-bond donors (Lipinski definition) is 0. The second kappa shape index (κ2) is 4.91. The first kappa shape index (κ1) is 11.7. The Kier molecular flexibility index (Phi) is 3.83. The molecule has 1 atom stereocenters. The van der Waals surface area contributed by atoms with Crippen molar-refractivity contribution in [1.82, 2.24) is 0 Å². The number of hydrogen-bond acceptors (Lipinski definition) is 2. The highest BCUT2D eigenvalue weighted by Gasteiger charge is 2.40. The Labute approximate surface area is 89.1 Å². The van der Waals surface area contributed by atoms with Gasteiger partial charge in [0, 0.05) is 5.56 Å². The van der Waals surface area contributed by atoms with Crippen LogP contribution in [0.5, 0.6) is 0 Å². The van der Waals surface area contributed by atoms with Gasteiger partial charge in [0.05, 0.1) is 6.61 Å². The molecule has 0 aliphatic carbocycles. The van der Waals surface area contributed by atoms with Crippen LogP contribution in [0.25, 0.3) is 0 Å². The van der Waals surface area contributed by atoms with E-state index in [2.05, 4.69) is 0 Å². The Balaban J connectivity index is 3.00. The van der Waals surface area contributed by atoms with Gasteiger partial charge in [0.2, 0.25) is 5.67 Å². The van der Waals surface area contributed by atoms with Crippen molar-refractivity contribution in [3.05, 3.63) is 35.9 Å². The van der Waals surface area contributed by atoms with Crippen molar-refractivity contribution in [3.8, 4) is 0 Å². The molecular formula is C12H15FO2. The van der Waals surface area contributed by atoms with Crippen LogP contribution in [0.1, 0.15) is 25.8 Å². The zero-order valence-electron chi connectivity index (χ0n) is 9.00. The standard InChI is InChI=1S/C12H15FO2/c1-3-12(13,11(14)15-4-2)10-8-6-5-7-9-10/h5-9H,3-4H2,1-2H3. The second-order valence-electron chi connectivity index (χ2n) is 3.24. The molecule has 0 aliphatic rings. The highest BCUT2D eigenvalue weighted by Crippen LogP contribution is 2.30. The molecule has 0 N–H and O–H groups in total. The van der Waals surface area contributed by atoms with Gasteiger partial charge < -0.3 is 4.74 Å². The number of rotatable bonds is 4. The van der Waals surface area contributed by atoms with Crippen LogP contribution in [0.4, 0.5) is 4.39 Å². The summed E-state index contributed by atoms with van der Waals surface area (Å²) in [7, 11) is 0. The first-order valence-electron chi connectivity index (χ1n) is 5.06. The maximum atomic E-state index is 14.4.